The summed E-state index contributed by atoms with van der Waals surface area (Å²) in [6.07, 6.45) is 6.00. The molecule has 3 N–H and O–H groups in total. The standard InChI is InChI=1S/C12H18N4O2S/c1-8(10(17)15-9-4-2-3-5-9)14-11(18)16-12-13-6-7-19-12/h6-9H,2-5H2,1H3,(H,15,17)(H2,13,14,16,18)/t8-/m0/s1. The fourth-order valence-corrected chi connectivity index (χ4v) is 2.60. The van der Waals surface area contributed by atoms with Gasteiger partial charge in [0, 0.05) is 17.6 Å². The first-order valence-electron chi connectivity index (χ1n) is 6.42. The third-order valence-corrected chi connectivity index (χ3v) is 3.78. The second-order valence-electron chi connectivity index (χ2n) is 4.65. The van der Waals surface area contributed by atoms with Crippen LogP contribution in [0.15, 0.2) is 11.6 Å². The van der Waals surface area contributed by atoms with Gasteiger partial charge in [0.2, 0.25) is 5.91 Å². The van der Waals surface area contributed by atoms with E-state index in [9.17, 15) is 9.59 Å². The van der Waals surface area contributed by atoms with Gasteiger partial charge in [-0.15, -0.1) is 11.3 Å². The molecule has 0 saturated heterocycles. The van der Waals surface area contributed by atoms with Gasteiger partial charge in [-0.1, -0.05) is 12.8 Å². The van der Waals surface area contributed by atoms with Gasteiger partial charge in [-0.25, -0.2) is 9.78 Å². The normalized spacial score (nSPS) is 16.9. The summed E-state index contributed by atoms with van der Waals surface area (Å²) in [7, 11) is 0. The molecule has 0 unspecified atom stereocenters. The lowest BCUT2D eigenvalue weighted by molar-refractivity contribution is -0.123. The molecule has 1 saturated carbocycles. The molecule has 2 rings (SSSR count). The van der Waals surface area contributed by atoms with Crippen molar-refractivity contribution in [1.82, 2.24) is 15.6 Å². The number of aromatic nitrogens is 1. The van der Waals surface area contributed by atoms with Gasteiger partial charge in [0.15, 0.2) is 5.13 Å². The number of urea groups is 1. The van der Waals surface area contributed by atoms with Crippen LogP contribution in [0.5, 0.6) is 0 Å². The highest BCUT2D eigenvalue weighted by molar-refractivity contribution is 7.13. The van der Waals surface area contributed by atoms with E-state index in [2.05, 4.69) is 20.9 Å². The van der Waals surface area contributed by atoms with Gasteiger partial charge in [0.25, 0.3) is 0 Å². The molecule has 19 heavy (non-hydrogen) atoms. The number of hydrogen-bond acceptors (Lipinski definition) is 4. The van der Waals surface area contributed by atoms with Crippen molar-refractivity contribution in [1.29, 1.82) is 0 Å². The largest absolute Gasteiger partial charge is 0.352 e. The van der Waals surface area contributed by atoms with Crippen LogP contribution in [0.3, 0.4) is 0 Å². The summed E-state index contributed by atoms with van der Waals surface area (Å²) in [5.41, 5.74) is 0. The molecule has 1 aromatic rings. The second-order valence-corrected chi connectivity index (χ2v) is 5.54. The van der Waals surface area contributed by atoms with Crippen LogP contribution in [0, 0.1) is 0 Å². The summed E-state index contributed by atoms with van der Waals surface area (Å²) in [6.45, 7) is 1.67. The van der Waals surface area contributed by atoms with Gasteiger partial charge < -0.3 is 10.6 Å². The lowest BCUT2D eigenvalue weighted by atomic mass is 10.2. The second kappa shape index (κ2) is 6.51. The minimum Gasteiger partial charge on any atom is -0.352 e. The van der Waals surface area contributed by atoms with Crippen LogP contribution in [-0.2, 0) is 4.79 Å². The van der Waals surface area contributed by atoms with Crippen molar-refractivity contribution >= 4 is 28.4 Å². The minimum atomic E-state index is -0.555. The number of thiazole rings is 1. The molecule has 0 bridgehead atoms. The van der Waals surface area contributed by atoms with Crippen LogP contribution in [0.2, 0.25) is 0 Å². The number of rotatable bonds is 4. The van der Waals surface area contributed by atoms with Crippen molar-refractivity contribution in [3.63, 3.8) is 0 Å². The molecule has 0 aromatic carbocycles. The number of anilines is 1. The van der Waals surface area contributed by atoms with Crippen molar-refractivity contribution in [2.75, 3.05) is 5.32 Å². The quantitative estimate of drug-likeness (QED) is 0.786. The van der Waals surface area contributed by atoms with Crippen molar-refractivity contribution in [3.05, 3.63) is 11.6 Å². The Bertz CT molecular complexity index is 429. The fraction of sp³-hybridized carbons (Fsp3) is 0.583. The van der Waals surface area contributed by atoms with Gasteiger partial charge in [0.05, 0.1) is 0 Å². The number of carbonyl (C=O) groups excluding carboxylic acids is 2. The first-order valence-corrected chi connectivity index (χ1v) is 7.30. The Balaban J connectivity index is 1.74. The van der Waals surface area contributed by atoms with Crippen LogP contribution in [-0.4, -0.2) is 29.0 Å². The zero-order valence-electron chi connectivity index (χ0n) is 10.8. The summed E-state index contributed by atoms with van der Waals surface area (Å²) >= 11 is 1.33. The summed E-state index contributed by atoms with van der Waals surface area (Å²) in [5.74, 6) is -0.138. The molecule has 0 spiro atoms. The van der Waals surface area contributed by atoms with E-state index < -0.39 is 12.1 Å². The van der Waals surface area contributed by atoms with E-state index >= 15 is 0 Å². The van der Waals surface area contributed by atoms with Gasteiger partial charge in [-0.2, -0.15) is 0 Å². The smallest absolute Gasteiger partial charge is 0.321 e. The highest BCUT2D eigenvalue weighted by atomic mass is 32.1. The number of hydrogen-bond donors (Lipinski definition) is 3. The maximum absolute atomic E-state index is 11.9. The van der Waals surface area contributed by atoms with E-state index in [0.717, 1.165) is 25.7 Å². The molecule has 1 fully saturated rings. The molecule has 7 heteroatoms. The molecule has 0 radical (unpaired) electrons. The lowest BCUT2D eigenvalue weighted by Gasteiger charge is -2.17. The van der Waals surface area contributed by atoms with Crippen LogP contribution < -0.4 is 16.0 Å². The van der Waals surface area contributed by atoms with Crippen LogP contribution in [0.25, 0.3) is 0 Å². The first-order chi connectivity index (χ1) is 9.15. The van der Waals surface area contributed by atoms with Crippen molar-refractivity contribution in [3.8, 4) is 0 Å². The Hall–Kier alpha value is -1.63. The van der Waals surface area contributed by atoms with Gasteiger partial charge >= 0.3 is 6.03 Å². The van der Waals surface area contributed by atoms with E-state index in [4.69, 9.17) is 0 Å². The number of nitrogens with zero attached hydrogens (tertiary/aromatic N) is 1. The minimum absolute atomic E-state index is 0.138. The Morgan fingerprint density at radius 2 is 2.16 bits per heavy atom. The van der Waals surface area contributed by atoms with E-state index in [1.54, 1.807) is 18.5 Å². The first kappa shape index (κ1) is 13.8. The third kappa shape index (κ3) is 4.20. The average molecular weight is 282 g/mol. The summed E-state index contributed by atoms with van der Waals surface area (Å²) in [5, 5.41) is 10.4. The predicted octanol–water partition coefficient (Wildman–Crippen LogP) is 1.71. The van der Waals surface area contributed by atoms with E-state index in [1.807, 2.05) is 0 Å². The summed E-state index contributed by atoms with van der Waals surface area (Å²) in [6, 6.07) is -0.705. The van der Waals surface area contributed by atoms with E-state index in [0.29, 0.717) is 5.13 Å². The van der Waals surface area contributed by atoms with Crippen LogP contribution in [0.4, 0.5) is 9.93 Å². The molecule has 1 heterocycles. The molecule has 1 atom stereocenters. The fourth-order valence-electron chi connectivity index (χ4n) is 2.08. The van der Waals surface area contributed by atoms with Crippen LogP contribution in [0.1, 0.15) is 32.6 Å². The zero-order chi connectivity index (χ0) is 13.7. The van der Waals surface area contributed by atoms with Crippen molar-refractivity contribution in [2.45, 2.75) is 44.7 Å². The topological polar surface area (TPSA) is 83.1 Å². The molecular formula is C12H18N4O2S. The summed E-state index contributed by atoms with van der Waals surface area (Å²) in [4.78, 5) is 27.4. The highest BCUT2D eigenvalue weighted by Crippen LogP contribution is 2.17. The molecule has 6 nitrogen and oxygen atoms in total. The van der Waals surface area contributed by atoms with Gasteiger partial charge in [-0.05, 0) is 19.8 Å². The molecule has 1 aromatic heterocycles. The van der Waals surface area contributed by atoms with E-state index in [1.165, 1.54) is 11.3 Å². The number of carbonyl (C=O) groups is 2. The third-order valence-electron chi connectivity index (χ3n) is 3.10. The van der Waals surface area contributed by atoms with Gasteiger partial charge in [0.1, 0.15) is 6.04 Å². The summed E-state index contributed by atoms with van der Waals surface area (Å²) < 4.78 is 0. The molecule has 0 aliphatic heterocycles. The molecule has 3 amide bonds. The maximum Gasteiger partial charge on any atom is 0.321 e. The van der Waals surface area contributed by atoms with E-state index in [-0.39, 0.29) is 11.9 Å². The molecule has 104 valence electrons. The predicted molar refractivity (Wildman–Crippen MR) is 74.1 cm³/mol. The Morgan fingerprint density at radius 1 is 1.42 bits per heavy atom. The van der Waals surface area contributed by atoms with Crippen molar-refractivity contribution < 1.29 is 9.59 Å². The Labute approximate surface area is 116 Å². The van der Waals surface area contributed by atoms with Gasteiger partial charge in [-0.3, -0.25) is 10.1 Å². The maximum atomic E-state index is 11.9. The molecule has 1 aliphatic carbocycles. The van der Waals surface area contributed by atoms with Crippen molar-refractivity contribution in [2.24, 2.45) is 0 Å². The average Bonchev–Trinajstić information content (AvgIpc) is 3.01. The Morgan fingerprint density at radius 3 is 2.79 bits per heavy atom. The molecule has 1 aliphatic rings. The number of amides is 3. The SMILES string of the molecule is C[C@H](NC(=O)Nc1nccs1)C(=O)NC1CCCC1. The lowest BCUT2D eigenvalue weighted by Crippen LogP contribution is -2.48. The Kier molecular flexibility index (Phi) is 4.73. The highest BCUT2D eigenvalue weighted by Gasteiger charge is 2.21. The number of nitrogens with one attached hydrogen (secondary N) is 3. The van der Waals surface area contributed by atoms with Crippen LogP contribution >= 0.6 is 11.3 Å². The molecular weight excluding hydrogens is 264 g/mol. The monoisotopic (exact) mass is 282 g/mol. The zero-order valence-corrected chi connectivity index (χ0v) is 11.6.